The third-order valence-electron chi connectivity index (χ3n) is 8.71. The zero-order valence-corrected chi connectivity index (χ0v) is 34.6. The maximum atomic E-state index is 4.70. The van der Waals surface area contributed by atoms with Gasteiger partial charge in [0.1, 0.15) is 0 Å². The van der Waals surface area contributed by atoms with Gasteiger partial charge in [-0.3, -0.25) is 0 Å². The van der Waals surface area contributed by atoms with Crippen molar-refractivity contribution in [1.82, 2.24) is 9.97 Å². The number of aromatic nitrogens is 2. The van der Waals surface area contributed by atoms with Crippen molar-refractivity contribution in [2.45, 2.75) is 66.6 Å². The van der Waals surface area contributed by atoms with Gasteiger partial charge < -0.3 is 9.97 Å². The van der Waals surface area contributed by atoms with Gasteiger partial charge in [-0.2, -0.15) is 11.3 Å². The summed E-state index contributed by atoms with van der Waals surface area (Å²) in [6.07, 6.45) is 5.06. The van der Waals surface area contributed by atoms with E-state index in [4.69, 9.17) is 4.98 Å². The first-order chi connectivity index (χ1) is 23.4. The molecule has 0 bridgehead atoms. The average Bonchev–Trinajstić information content (AvgIpc) is 3.46. The van der Waals surface area contributed by atoms with Gasteiger partial charge in [0.2, 0.25) is 0 Å². The summed E-state index contributed by atoms with van der Waals surface area (Å²) in [7, 11) is -1.34. The summed E-state index contributed by atoms with van der Waals surface area (Å²) in [5.74, 6) is 0.534. The van der Waals surface area contributed by atoms with Crippen molar-refractivity contribution >= 4 is 44.8 Å². The van der Waals surface area contributed by atoms with Crippen molar-refractivity contribution in [3.8, 4) is 33.6 Å². The fourth-order valence-corrected chi connectivity index (χ4v) is 9.28. The summed E-state index contributed by atoms with van der Waals surface area (Å²) in [5.41, 5.74) is 9.75. The second-order valence-electron chi connectivity index (χ2n) is 15.4. The van der Waals surface area contributed by atoms with Gasteiger partial charge in [-0.15, -0.1) is 59.7 Å². The molecule has 3 heterocycles. The zero-order valence-electron chi connectivity index (χ0n) is 30.4. The molecule has 0 aliphatic carbocycles. The summed E-state index contributed by atoms with van der Waals surface area (Å²) in [4.78, 5) is 9.36. The minimum atomic E-state index is -1.34. The Kier molecular flexibility index (Phi) is 11.7. The molecule has 257 valence electrons. The van der Waals surface area contributed by atoms with E-state index in [0.717, 1.165) is 28.9 Å². The van der Waals surface area contributed by atoms with Crippen LogP contribution in [-0.4, -0.2) is 18.0 Å². The number of nitrogens with zero attached hydrogens (tertiary/aromatic N) is 2. The summed E-state index contributed by atoms with van der Waals surface area (Å²) in [6.45, 7) is 18.5. The number of fused-ring (bicyclic) bond motifs is 3. The molecule has 0 saturated heterocycles. The van der Waals surface area contributed by atoms with E-state index in [1.54, 1.807) is 0 Å². The van der Waals surface area contributed by atoms with Crippen molar-refractivity contribution in [2.24, 2.45) is 5.41 Å². The van der Waals surface area contributed by atoms with Crippen LogP contribution in [0.1, 0.15) is 51.7 Å². The van der Waals surface area contributed by atoms with Gasteiger partial charge in [0.05, 0.1) is 8.07 Å². The Morgan fingerprint density at radius 2 is 1.50 bits per heavy atom. The van der Waals surface area contributed by atoms with Gasteiger partial charge >= 0.3 is 0 Å². The number of hydrogen-bond acceptors (Lipinski definition) is 3. The molecule has 0 N–H and O–H groups in total. The summed E-state index contributed by atoms with van der Waals surface area (Å²) in [5, 5.41) is 4.06. The minimum Gasteiger partial charge on any atom is -0.305 e. The van der Waals surface area contributed by atoms with Crippen LogP contribution in [0.3, 0.4) is 0 Å². The van der Waals surface area contributed by atoms with E-state index in [1.165, 1.54) is 47.6 Å². The van der Waals surface area contributed by atoms with Crippen molar-refractivity contribution < 1.29 is 20.1 Å². The van der Waals surface area contributed by atoms with Crippen molar-refractivity contribution in [3.63, 3.8) is 0 Å². The quantitative estimate of drug-likeness (QED) is 0.123. The second-order valence-corrected chi connectivity index (χ2v) is 21.5. The minimum absolute atomic E-state index is 0. The SMILES string of the molecule is CC(C)(C)Cc1ccnc(-c2[c-]ccc3c2sc2cc(-c4ccccc4)ccc23)c1.CC(C)c1cc(-c2[c-]cccc2)ncc1[Si](C)(C)C.[Ir]. The number of rotatable bonds is 6. The third kappa shape index (κ3) is 8.76. The van der Waals surface area contributed by atoms with Gasteiger partial charge in [0.25, 0.3) is 0 Å². The Labute approximate surface area is 317 Å². The van der Waals surface area contributed by atoms with Gasteiger partial charge in [0.15, 0.2) is 0 Å². The normalized spacial score (nSPS) is 11.7. The van der Waals surface area contributed by atoms with Crippen LogP contribution in [0, 0.1) is 17.5 Å². The van der Waals surface area contributed by atoms with Gasteiger partial charge in [-0.25, -0.2) is 0 Å². The molecule has 0 aliphatic heterocycles. The van der Waals surface area contributed by atoms with Crippen molar-refractivity contribution in [1.29, 1.82) is 0 Å². The Hall–Kier alpha value is -3.73. The first-order valence-electron chi connectivity index (χ1n) is 17.2. The molecule has 3 aromatic heterocycles. The Bertz CT molecular complexity index is 2190. The molecule has 0 saturated carbocycles. The molecular formula is C45H46IrN2SSi-2. The fourth-order valence-electron chi connectivity index (χ4n) is 6.35. The first kappa shape index (κ1) is 37.5. The molecule has 0 atom stereocenters. The van der Waals surface area contributed by atoms with Crippen LogP contribution in [0.4, 0.5) is 0 Å². The Balaban J connectivity index is 0.000000211. The van der Waals surface area contributed by atoms with Crippen molar-refractivity contribution in [3.05, 3.63) is 139 Å². The van der Waals surface area contributed by atoms with E-state index in [0.29, 0.717) is 5.92 Å². The Morgan fingerprint density at radius 3 is 2.18 bits per heavy atom. The van der Waals surface area contributed by atoms with Gasteiger partial charge in [-0.1, -0.05) is 125 Å². The summed E-state index contributed by atoms with van der Waals surface area (Å²) in [6, 6.07) is 43.0. The number of thiophene rings is 1. The Morgan fingerprint density at radius 1 is 0.740 bits per heavy atom. The van der Waals surface area contributed by atoms with Crippen LogP contribution in [0.5, 0.6) is 0 Å². The molecule has 0 unspecified atom stereocenters. The molecule has 7 aromatic rings. The molecule has 2 nitrogen and oxygen atoms in total. The van der Waals surface area contributed by atoms with Gasteiger partial charge in [-0.05, 0) is 67.7 Å². The van der Waals surface area contributed by atoms with Crippen LogP contribution in [0.25, 0.3) is 53.8 Å². The molecule has 7 rings (SSSR count). The number of hydrogen-bond donors (Lipinski definition) is 0. The maximum Gasteiger partial charge on any atom is 0.0799 e. The molecule has 0 fully saturated rings. The van der Waals surface area contributed by atoms with Crippen LogP contribution in [0.2, 0.25) is 19.6 Å². The van der Waals surface area contributed by atoms with Crippen LogP contribution < -0.4 is 5.19 Å². The standard InChI is InChI=1S/C28H24NS.C17H22NSi.Ir/c1-28(2,3)18-19-14-15-29-25(16-19)24-11-7-10-23-22-13-12-21(17-26(22)30-27(23)24)20-8-5-4-6-9-20;1-13(2)15-11-16(14-9-7-6-8-10-14)18-12-17(15)19(3,4)5;/h4-10,12-17H,18H2,1-3H3;6-9,11-13H,1-5H3;/q2*-1;. The smallest absolute Gasteiger partial charge is 0.0799 e. The van der Waals surface area contributed by atoms with Crippen LogP contribution in [0.15, 0.2) is 116 Å². The predicted octanol–water partition coefficient (Wildman–Crippen LogP) is 12.4. The van der Waals surface area contributed by atoms with Gasteiger partial charge in [0, 0.05) is 37.2 Å². The van der Waals surface area contributed by atoms with Crippen molar-refractivity contribution in [2.75, 3.05) is 0 Å². The average molecular weight is 867 g/mol. The molecule has 0 spiro atoms. The molecule has 0 amide bonds. The third-order valence-corrected chi connectivity index (χ3v) is 11.9. The summed E-state index contributed by atoms with van der Waals surface area (Å²) >= 11 is 1.84. The van der Waals surface area contributed by atoms with E-state index in [1.807, 2.05) is 41.8 Å². The molecule has 50 heavy (non-hydrogen) atoms. The molecule has 0 aliphatic rings. The van der Waals surface area contributed by atoms with E-state index in [2.05, 4.69) is 156 Å². The molecule has 4 aromatic carbocycles. The predicted molar refractivity (Wildman–Crippen MR) is 216 cm³/mol. The summed E-state index contributed by atoms with van der Waals surface area (Å²) < 4.78 is 2.57. The van der Waals surface area contributed by atoms with E-state index < -0.39 is 8.07 Å². The second kappa shape index (κ2) is 15.7. The van der Waals surface area contributed by atoms with E-state index in [9.17, 15) is 0 Å². The zero-order chi connectivity index (χ0) is 34.8. The van der Waals surface area contributed by atoms with Crippen LogP contribution in [-0.2, 0) is 26.5 Å². The largest absolute Gasteiger partial charge is 0.305 e. The van der Waals surface area contributed by atoms with Crippen LogP contribution >= 0.6 is 11.3 Å². The molecule has 1 radical (unpaired) electrons. The van der Waals surface area contributed by atoms with E-state index in [-0.39, 0.29) is 25.5 Å². The monoisotopic (exact) mass is 867 g/mol. The molecular weight excluding hydrogens is 821 g/mol. The van der Waals surface area contributed by atoms with E-state index >= 15 is 0 Å². The number of pyridine rings is 2. The fraction of sp³-hybridized carbons (Fsp3) is 0.244. The number of benzene rings is 4. The molecule has 5 heteroatoms. The maximum absolute atomic E-state index is 4.70. The first-order valence-corrected chi connectivity index (χ1v) is 21.5. The topological polar surface area (TPSA) is 25.8 Å².